The maximum absolute atomic E-state index is 12.7. The zero-order valence-corrected chi connectivity index (χ0v) is 16.2. The largest absolute Gasteiger partial charge is 0.573 e. The fourth-order valence-electron chi connectivity index (χ4n) is 3.55. The van der Waals surface area contributed by atoms with E-state index in [-0.39, 0.29) is 17.8 Å². The van der Waals surface area contributed by atoms with Crippen molar-refractivity contribution < 1.29 is 22.7 Å². The van der Waals surface area contributed by atoms with Crippen molar-refractivity contribution in [3.05, 3.63) is 60.2 Å². The van der Waals surface area contributed by atoms with Gasteiger partial charge in [0.2, 0.25) is 0 Å². The summed E-state index contributed by atoms with van der Waals surface area (Å²) in [5, 5.41) is 2.76. The number of rotatable bonds is 6. The summed E-state index contributed by atoms with van der Waals surface area (Å²) in [7, 11) is 0. The smallest absolute Gasteiger partial charge is 0.406 e. The molecule has 3 rings (SSSR count). The molecule has 1 fully saturated rings. The van der Waals surface area contributed by atoms with Gasteiger partial charge in [-0.25, -0.2) is 4.79 Å². The van der Waals surface area contributed by atoms with Crippen molar-refractivity contribution in [2.24, 2.45) is 0 Å². The van der Waals surface area contributed by atoms with E-state index in [4.69, 9.17) is 0 Å². The van der Waals surface area contributed by atoms with Crippen molar-refractivity contribution in [3.63, 3.8) is 0 Å². The molecule has 8 heteroatoms. The van der Waals surface area contributed by atoms with Crippen LogP contribution in [0.4, 0.5) is 23.7 Å². The quantitative estimate of drug-likeness (QED) is 0.754. The highest BCUT2D eigenvalue weighted by Crippen LogP contribution is 2.24. The number of carbonyl (C=O) groups is 1. The third-order valence-corrected chi connectivity index (χ3v) is 4.88. The molecule has 1 atom stereocenters. The number of carbonyl (C=O) groups excluding carboxylic acids is 1. The number of amides is 2. The number of alkyl halides is 3. The highest BCUT2D eigenvalue weighted by atomic mass is 19.4. The molecule has 0 aliphatic carbocycles. The Hall–Kier alpha value is -2.74. The number of halogens is 3. The molecular formula is C21H24F3N3O2. The van der Waals surface area contributed by atoms with E-state index in [2.05, 4.69) is 27.1 Å². The van der Waals surface area contributed by atoms with E-state index in [0.29, 0.717) is 12.2 Å². The number of benzene rings is 2. The summed E-state index contributed by atoms with van der Waals surface area (Å²) in [4.78, 5) is 16.8. The first-order valence-corrected chi connectivity index (χ1v) is 9.54. The van der Waals surface area contributed by atoms with E-state index in [1.807, 2.05) is 25.1 Å². The van der Waals surface area contributed by atoms with Crippen LogP contribution in [-0.4, -0.2) is 47.9 Å². The number of nitrogens with one attached hydrogen (secondary N) is 1. The Morgan fingerprint density at radius 1 is 1.17 bits per heavy atom. The molecule has 0 radical (unpaired) electrons. The van der Waals surface area contributed by atoms with Crippen LogP contribution in [-0.2, 0) is 6.54 Å². The molecule has 0 saturated carbocycles. The number of nitrogens with zero attached hydrogens (tertiary/aromatic N) is 2. The predicted molar refractivity (Wildman–Crippen MR) is 105 cm³/mol. The second kappa shape index (κ2) is 9.17. The van der Waals surface area contributed by atoms with Gasteiger partial charge >= 0.3 is 12.4 Å². The first kappa shape index (κ1) is 21.0. The Labute approximate surface area is 168 Å². The summed E-state index contributed by atoms with van der Waals surface area (Å²) in [5.74, 6) is -0.324. The monoisotopic (exact) mass is 407 g/mol. The van der Waals surface area contributed by atoms with Crippen LogP contribution >= 0.6 is 0 Å². The van der Waals surface area contributed by atoms with E-state index in [1.54, 1.807) is 4.90 Å². The van der Waals surface area contributed by atoms with Gasteiger partial charge in [0.15, 0.2) is 0 Å². The molecule has 1 aliphatic heterocycles. The second-order valence-electron chi connectivity index (χ2n) is 6.95. The van der Waals surface area contributed by atoms with E-state index in [1.165, 1.54) is 29.8 Å². The molecular weight excluding hydrogens is 383 g/mol. The highest BCUT2D eigenvalue weighted by Gasteiger charge is 2.31. The molecule has 0 bridgehead atoms. The number of anilines is 1. The van der Waals surface area contributed by atoms with Crippen molar-refractivity contribution >= 4 is 11.7 Å². The topological polar surface area (TPSA) is 44.8 Å². The fraction of sp³-hybridized carbons (Fsp3) is 0.381. The zero-order valence-electron chi connectivity index (χ0n) is 16.2. The highest BCUT2D eigenvalue weighted by molar-refractivity contribution is 5.89. The van der Waals surface area contributed by atoms with Gasteiger partial charge in [0.1, 0.15) is 5.75 Å². The molecule has 0 aromatic heterocycles. The number of ether oxygens (including phenoxy) is 1. The Bertz CT molecular complexity index is 797. The van der Waals surface area contributed by atoms with Gasteiger partial charge in [0.05, 0.1) is 0 Å². The lowest BCUT2D eigenvalue weighted by Crippen LogP contribution is -2.44. The molecule has 1 heterocycles. The summed E-state index contributed by atoms with van der Waals surface area (Å²) in [6.45, 7) is 5.00. The van der Waals surface area contributed by atoms with Crippen molar-refractivity contribution in [1.29, 1.82) is 0 Å². The van der Waals surface area contributed by atoms with E-state index < -0.39 is 6.36 Å². The van der Waals surface area contributed by atoms with Crippen molar-refractivity contribution in [2.75, 3.05) is 25.0 Å². The SMILES string of the molecule is CCN(C(=O)Nc1ccc(OC(F)(F)F)cc1)[C@H]1CCN(Cc2ccccc2)C1. The Kier molecular flexibility index (Phi) is 6.64. The molecule has 1 saturated heterocycles. The molecule has 0 spiro atoms. The summed E-state index contributed by atoms with van der Waals surface area (Å²) in [6, 6.07) is 15.2. The molecule has 29 heavy (non-hydrogen) atoms. The average molecular weight is 407 g/mol. The average Bonchev–Trinajstić information content (AvgIpc) is 3.11. The minimum atomic E-state index is -4.74. The minimum Gasteiger partial charge on any atom is -0.406 e. The van der Waals surface area contributed by atoms with E-state index in [0.717, 1.165) is 26.1 Å². The minimum absolute atomic E-state index is 0.0940. The lowest BCUT2D eigenvalue weighted by Gasteiger charge is -2.28. The zero-order chi connectivity index (χ0) is 20.9. The number of likely N-dealkylation sites (N-methyl/N-ethyl adjacent to an activating group) is 1. The van der Waals surface area contributed by atoms with Crippen molar-refractivity contribution in [3.8, 4) is 5.75 Å². The maximum Gasteiger partial charge on any atom is 0.573 e. The Morgan fingerprint density at radius 3 is 2.48 bits per heavy atom. The first-order valence-electron chi connectivity index (χ1n) is 9.54. The van der Waals surface area contributed by atoms with Gasteiger partial charge in [-0.2, -0.15) is 0 Å². The van der Waals surface area contributed by atoms with Crippen LogP contribution in [0.5, 0.6) is 5.75 Å². The third kappa shape index (κ3) is 6.12. The molecule has 2 aromatic rings. The Morgan fingerprint density at radius 2 is 1.86 bits per heavy atom. The number of hydrogen-bond acceptors (Lipinski definition) is 3. The van der Waals surface area contributed by atoms with Gasteiger partial charge < -0.3 is 15.0 Å². The molecule has 2 amide bonds. The summed E-state index contributed by atoms with van der Waals surface area (Å²) < 4.78 is 40.6. The lowest BCUT2D eigenvalue weighted by molar-refractivity contribution is -0.274. The molecule has 156 valence electrons. The molecule has 0 unspecified atom stereocenters. The van der Waals surface area contributed by atoms with Gasteiger partial charge in [0, 0.05) is 37.9 Å². The van der Waals surface area contributed by atoms with Gasteiger partial charge in [-0.3, -0.25) is 4.90 Å². The standard InChI is InChI=1S/C21H24F3N3O2/c1-2-27(18-12-13-26(15-18)14-16-6-4-3-5-7-16)20(28)25-17-8-10-19(11-9-17)29-21(22,23)24/h3-11,18H,2,12-15H2,1H3,(H,25,28)/t18-/m0/s1. The third-order valence-electron chi connectivity index (χ3n) is 4.88. The van der Waals surface area contributed by atoms with Crippen molar-refractivity contribution in [1.82, 2.24) is 9.80 Å². The first-order chi connectivity index (χ1) is 13.8. The molecule has 2 aromatic carbocycles. The van der Waals surface area contributed by atoms with Gasteiger partial charge in [0.25, 0.3) is 0 Å². The summed E-state index contributed by atoms with van der Waals surface area (Å²) in [5.41, 5.74) is 1.66. The summed E-state index contributed by atoms with van der Waals surface area (Å²) in [6.07, 6.45) is -3.86. The van der Waals surface area contributed by atoms with Crippen molar-refractivity contribution in [2.45, 2.75) is 32.3 Å². The molecule has 1 N–H and O–H groups in total. The van der Waals surface area contributed by atoms with Crippen LogP contribution in [0.15, 0.2) is 54.6 Å². The number of urea groups is 1. The van der Waals surface area contributed by atoms with Crippen LogP contribution in [0.25, 0.3) is 0 Å². The lowest BCUT2D eigenvalue weighted by atomic mass is 10.2. The Balaban J connectivity index is 1.55. The second-order valence-corrected chi connectivity index (χ2v) is 6.95. The predicted octanol–water partition coefficient (Wildman–Crippen LogP) is 4.71. The van der Waals surface area contributed by atoms with Gasteiger partial charge in [-0.1, -0.05) is 30.3 Å². The normalized spacial score (nSPS) is 17.2. The van der Waals surface area contributed by atoms with Crippen LogP contribution in [0.2, 0.25) is 0 Å². The fourth-order valence-corrected chi connectivity index (χ4v) is 3.55. The summed E-state index contributed by atoms with van der Waals surface area (Å²) >= 11 is 0. The molecule has 1 aliphatic rings. The molecule has 5 nitrogen and oxygen atoms in total. The van der Waals surface area contributed by atoms with Crippen LogP contribution in [0.3, 0.4) is 0 Å². The van der Waals surface area contributed by atoms with Crippen LogP contribution in [0.1, 0.15) is 18.9 Å². The van der Waals surface area contributed by atoms with Gasteiger partial charge in [-0.05, 0) is 43.2 Å². The maximum atomic E-state index is 12.7. The van der Waals surface area contributed by atoms with Crippen LogP contribution < -0.4 is 10.1 Å². The van der Waals surface area contributed by atoms with Crippen LogP contribution in [0, 0.1) is 0 Å². The van der Waals surface area contributed by atoms with E-state index >= 15 is 0 Å². The number of likely N-dealkylation sites (tertiary alicyclic amines) is 1. The number of hydrogen-bond donors (Lipinski definition) is 1. The van der Waals surface area contributed by atoms with Gasteiger partial charge in [-0.15, -0.1) is 13.2 Å². The van der Waals surface area contributed by atoms with E-state index in [9.17, 15) is 18.0 Å².